The van der Waals surface area contributed by atoms with Gasteiger partial charge in [0.25, 0.3) is 0 Å². The van der Waals surface area contributed by atoms with E-state index in [9.17, 15) is 0 Å². The van der Waals surface area contributed by atoms with Crippen molar-refractivity contribution in [2.75, 3.05) is 24.7 Å². The Hall–Kier alpha value is -0.590. The molecule has 2 atom stereocenters. The van der Waals surface area contributed by atoms with Gasteiger partial charge in [-0.05, 0) is 25.5 Å². The smallest absolute Gasteiger partial charge is 0.230 e. The summed E-state index contributed by atoms with van der Waals surface area (Å²) in [6, 6.07) is 0. The van der Waals surface area contributed by atoms with E-state index in [4.69, 9.17) is 15.0 Å². The lowest BCUT2D eigenvalue weighted by Crippen LogP contribution is -2.39. The molecule has 1 saturated heterocycles. The second kappa shape index (κ2) is 6.04. The molecule has 0 radical (unpaired) electrons. The van der Waals surface area contributed by atoms with Gasteiger partial charge in [0.2, 0.25) is 5.89 Å². The average Bonchev–Trinajstić information content (AvgIpc) is 3.00. The van der Waals surface area contributed by atoms with Crippen LogP contribution in [0.2, 0.25) is 0 Å². The Labute approximate surface area is 112 Å². The van der Waals surface area contributed by atoms with Gasteiger partial charge in [-0.3, -0.25) is 0 Å². The van der Waals surface area contributed by atoms with Gasteiger partial charge in [-0.2, -0.15) is 16.7 Å². The molecule has 1 fully saturated rings. The maximum absolute atomic E-state index is 6.18. The van der Waals surface area contributed by atoms with Crippen LogP contribution in [0.1, 0.15) is 44.3 Å². The normalized spacial score (nSPS) is 23.2. The standard InChI is InChI=1S/C12H21N3O2S/c1-3-5-16-8-12(2,13)11-14-10(17-15-11)9-4-6-18-7-9/h9H,3-8,13H2,1-2H3. The van der Waals surface area contributed by atoms with Gasteiger partial charge in [0.1, 0.15) is 5.54 Å². The summed E-state index contributed by atoms with van der Waals surface area (Å²) in [6.07, 6.45) is 2.09. The number of nitrogens with zero attached hydrogens (tertiary/aromatic N) is 2. The van der Waals surface area contributed by atoms with Crippen LogP contribution in [0.3, 0.4) is 0 Å². The van der Waals surface area contributed by atoms with E-state index in [0.717, 1.165) is 24.5 Å². The van der Waals surface area contributed by atoms with E-state index < -0.39 is 5.54 Å². The quantitative estimate of drug-likeness (QED) is 0.796. The maximum atomic E-state index is 6.18. The summed E-state index contributed by atoms with van der Waals surface area (Å²) in [6.45, 7) is 5.06. The minimum Gasteiger partial charge on any atom is -0.379 e. The van der Waals surface area contributed by atoms with Crippen LogP contribution in [-0.4, -0.2) is 34.9 Å². The molecule has 1 aliphatic rings. The third kappa shape index (κ3) is 3.24. The summed E-state index contributed by atoms with van der Waals surface area (Å²) in [5, 5.41) is 4.01. The zero-order valence-electron chi connectivity index (χ0n) is 11.0. The van der Waals surface area contributed by atoms with Crippen molar-refractivity contribution in [2.45, 2.75) is 38.1 Å². The summed E-state index contributed by atoms with van der Waals surface area (Å²) in [5.74, 6) is 3.90. The van der Waals surface area contributed by atoms with Gasteiger partial charge >= 0.3 is 0 Å². The molecular weight excluding hydrogens is 250 g/mol. The van der Waals surface area contributed by atoms with E-state index in [2.05, 4.69) is 17.1 Å². The molecule has 0 aliphatic carbocycles. The van der Waals surface area contributed by atoms with Crippen molar-refractivity contribution in [1.82, 2.24) is 10.1 Å². The number of nitrogens with two attached hydrogens (primary N) is 1. The highest BCUT2D eigenvalue weighted by Crippen LogP contribution is 2.31. The number of hydrogen-bond donors (Lipinski definition) is 1. The molecule has 1 aliphatic heterocycles. The number of rotatable bonds is 6. The van der Waals surface area contributed by atoms with Gasteiger partial charge in [-0.25, -0.2) is 0 Å². The van der Waals surface area contributed by atoms with Crippen molar-refractivity contribution < 1.29 is 9.26 Å². The van der Waals surface area contributed by atoms with Crippen molar-refractivity contribution in [1.29, 1.82) is 0 Å². The Balaban J connectivity index is 1.99. The van der Waals surface area contributed by atoms with E-state index >= 15 is 0 Å². The fourth-order valence-corrected chi connectivity index (χ4v) is 3.07. The Bertz CT molecular complexity index is 375. The molecular formula is C12H21N3O2S. The van der Waals surface area contributed by atoms with Crippen LogP contribution in [0, 0.1) is 0 Å². The zero-order chi connectivity index (χ0) is 13.0. The first-order valence-electron chi connectivity index (χ1n) is 6.42. The third-order valence-electron chi connectivity index (χ3n) is 2.98. The van der Waals surface area contributed by atoms with Crippen LogP contribution in [0.4, 0.5) is 0 Å². The summed E-state index contributed by atoms with van der Waals surface area (Å²) in [5.41, 5.74) is 5.50. The van der Waals surface area contributed by atoms with Gasteiger partial charge in [-0.1, -0.05) is 12.1 Å². The molecule has 0 amide bonds. The van der Waals surface area contributed by atoms with Gasteiger partial charge < -0.3 is 15.0 Å². The van der Waals surface area contributed by atoms with Gasteiger partial charge in [0.05, 0.1) is 6.61 Å². The molecule has 0 saturated carbocycles. The molecule has 2 rings (SSSR count). The van der Waals surface area contributed by atoms with Crippen LogP contribution < -0.4 is 5.73 Å². The molecule has 2 unspecified atom stereocenters. The van der Waals surface area contributed by atoms with Crippen LogP contribution in [0.5, 0.6) is 0 Å². The van der Waals surface area contributed by atoms with Crippen molar-refractivity contribution in [3.05, 3.63) is 11.7 Å². The fraction of sp³-hybridized carbons (Fsp3) is 0.833. The van der Waals surface area contributed by atoms with Crippen LogP contribution in [0.25, 0.3) is 0 Å². The number of aromatic nitrogens is 2. The minimum atomic E-state index is -0.678. The van der Waals surface area contributed by atoms with E-state index in [1.807, 2.05) is 18.7 Å². The summed E-state index contributed by atoms with van der Waals surface area (Å²) >= 11 is 1.93. The van der Waals surface area contributed by atoms with E-state index in [-0.39, 0.29) is 0 Å². The lowest BCUT2D eigenvalue weighted by Gasteiger charge is -2.19. The van der Waals surface area contributed by atoms with Crippen molar-refractivity contribution in [2.24, 2.45) is 5.73 Å². The summed E-state index contributed by atoms with van der Waals surface area (Å²) in [4.78, 5) is 4.45. The second-order valence-electron chi connectivity index (χ2n) is 4.99. The van der Waals surface area contributed by atoms with Crippen molar-refractivity contribution in [3.8, 4) is 0 Å². The Morgan fingerprint density at radius 3 is 3.11 bits per heavy atom. The van der Waals surface area contributed by atoms with Gasteiger partial charge in [-0.15, -0.1) is 0 Å². The summed E-state index contributed by atoms with van der Waals surface area (Å²) < 4.78 is 10.8. The van der Waals surface area contributed by atoms with Crippen molar-refractivity contribution in [3.63, 3.8) is 0 Å². The van der Waals surface area contributed by atoms with Gasteiger partial charge in [0.15, 0.2) is 5.82 Å². The highest BCUT2D eigenvalue weighted by molar-refractivity contribution is 7.99. The molecule has 0 spiro atoms. The highest BCUT2D eigenvalue weighted by Gasteiger charge is 2.30. The Morgan fingerprint density at radius 1 is 1.61 bits per heavy atom. The SMILES string of the molecule is CCCOCC(C)(N)c1noc(C2CCSC2)n1. The van der Waals surface area contributed by atoms with Crippen LogP contribution in [-0.2, 0) is 10.3 Å². The molecule has 102 valence electrons. The largest absolute Gasteiger partial charge is 0.379 e. The number of hydrogen-bond acceptors (Lipinski definition) is 6. The van der Waals surface area contributed by atoms with E-state index in [1.54, 1.807) is 0 Å². The van der Waals surface area contributed by atoms with Crippen LogP contribution in [0.15, 0.2) is 4.52 Å². The lowest BCUT2D eigenvalue weighted by molar-refractivity contribution is 0.0867. The zero-order valence-corrected chi connectivity index (χ0v) is 11.8. The minimum absolute atomic E-state index is 0.392. The van der Waals surface area contributed by atoms with Crippen molar-refractivity contribution >= 4 is 11.8 Å². The molecule has 0 bridgehead atoms. The molecule has 5 nitrogen and oxygen atoms in total. The maximum Gasteiger partial charge on any atom is 0.230 e. The van der Waals surface area contributed by atoms with Crippen LogP contribution >= 0.6 is 11.8 Å². The second-order valence-corrected chi connectivity index (χ2v) is 6.14. The number of ether oxygens (including phenoxy) is 1. The predicted octanol–water partition coefficient (Wildman–Crippen LogP) is 1.89. The topological polar surface area (TPSA) is 74.2 Å². The molecule has 2 N–H and O–H groups in total. The number of thioether (sulfide) groups is 1. The Kier molecular flexibility index (Phi) is 4.64. The molecule has 6 heteroatoms. The predicted molar refractivity (Wildman–Crippen MR) is 71.6 cm³/mol. The molecule has 18 heavy (non-hydrogen) atoms. The fourth-order valence-electron chi connectivity index (χ4n) is 1.86. The molecule has 1 aromatic rings. The van der Waals surface area contributed by atoms with E-state index in [0.29, 0.717) is 25.0 Å². The first kappa shape index (κ1) is 13.8. The molecule has 2 heterocycles. The first-order valence-corrected chi connectivity index (χ1v) is 7.57. The monoisotopic (exact) mass is 271 g/mol. The molecule has 1 aromatic heterocycles. The molecule has 0 aromatic carbocycles. The average molecular weight is 271 g/mol. The highest BCUT2D eigenvalue weighted by atomic mass is 32.2. The first-order chi connectivity index (χ1) is 8.63. The lowest BCUT2D eigenvalue weighted by atomic mass is 10.0. The summed E-state index contributed by atoms with van der Waals surface area (Å²) in [7, 11) is 0. The third-order valence-corrected chi connectivity index (χ3v) is 4.14. The Morgan fingerprint density at radius 2 is 2.44 bits per heavy atom. The van der Waals surface area contributed by atoms with Gasteiger partial charge in [0, 0.05) is 18.3 Å². The van der Waals surface area contributed by atoms with E-state index in [1.165, 1.54) is 5.75 Å².